The van der Waals surface area contributed by atoms with Crippen molar-refractivity contribution in [1.29, 1.82) is 0 Å². The van der Waals surface area contributed by atoms with Crippen molar-refractivity contribution in [1.82, 2.24) is 24.0 Å². The molecule has 1 saturated heterocycles. The van der Waals surface area contributed by atoms with Crippen LogP contribution in [0.2, 0.25) is 0 Å². The van der Waals surface area contributed by atoms with Gasteiger partial charge in [0.25, 0.3) is 5.56 Å². The van der Waals surface area contributed by atoms with Crippen molar-refractivity contribution in [3.8, 4) is 0 Å². The molecule has 0 saturated carbocycles. The smallest absolute Gasteiger partial charge is 0.329 e. The Kier molecular flexibility index (Phi) is 3.47. The van der Waals surface area contributed by atoms with Gasteiger partial charge in [0, 0.05) is 39.8 Å². The number of hydrogen-bond donors (Lipinski definition) is 1. The fourth-order valence-electron chi connectivity index (χ4n) is 2.79. The van der Waals surface area contributed by atoms with Gasteiger partial charge in [-0.05, 0) is 6.92 Å². The second-order valence-corrected chi connectivity index (χ2v) is 5.27. The van der Waals surface area contributed by atoms with E-state index in [1.165, 1.54) is 4.57 Å². The highest BCUT2D eigenvalue weighted by molar-refractivity contribution is 5.74. The van der Waals surface area contributed by atoms with Gasteiger partial charge in [-0.1, -0.05) is 0 Å². The third-order valence-electron chi connectivity index (χ3n) is 4.05. The first kappa shape index (κ1) is 14.4. The predicted octanol–water partition coefficient (Wildman–Crippen LogP) is -1.28. The summed E-state index contributed by atoms with van der Waals surface area (Å²) in [5.74, 6) is 0.662. The van der Waals surface area contributed by atoms with E-state index in [0.717, 1.165) is 6.41 Å². The molecule has 0 spiro atoms. The molecule has 9 nitrogen and oxygen atoms in total. The minimum absolute atomic E-state index is 0.378. The SMILES string of the molecule is CCn1c(N2CCN(C=O)CC2)nc2c1c(=O)[nH]c(=O)n2C. The van der Waals surface area contributed by atoms with Crippen LogP contribution in [0.25, 0.3) is 11.2 Å². The molecule has 0 atom stereocenters. The van der Waals surface area contributed by atoms with Crippen LogP contribution in [0.3, 0.4) is 0 Å². The molecule has 9 heteroatoms. The number of aryl methyl sites for hydroxylation is 2. The van der Waals surface area contributed by atoms with Crippen molar-refractivity contribution in [2.45, 2.75) is 13.5 Å². The number of carbonyl (C=O) groups excluding carboxylic acids is 1. The molecule has 0 aliphatic carbocycles. The molecular formula is C13H18N6O3. The average Bonchev–Trinajstić information content (AvgIpc) is 2.93. The molecule has 118 valence electrons. The molecule has 1 fully saturated rings. The Labute approximate surface area is 125 Å². The number of H-pyrrole nitrogens is 1. The average molecular weight is 306 g/mol. The Balaban J connectivity index is 2.13. The molecule has 0 bridgehead atoms. The zero-order valence-electron chi connectivity index (χ0n) is 12.6. The van der Waals surface area contributed by atoms with Crippen molar-refractivity contribution in [3.63, 3.8) is 0 Å². The Morgan fingerprint density at radius 1 is 1.23 bits per heavy atom. The number of aromatic nitrogens is 4. The highest BCUT2D eigenvalue weighted by atomic mass is 16.2. The molecular weight excluding hydrogens is 288 g/mol. The Bertz CT molecular complexity index is 825. The quantitative estimate of drug-likeness (QED) is 0.713. The van der Waals surface area contributed by atoms with Gasteiger partial charge in [-0.25, -0.2) is 4.79 Å². The largest absolute Gasteiger partial charge is 0.342 e. The lowest BCUT2D eigenvalue weighted by molar-refractivity contribution is -0.118. The maximum absolute atomic E-state index is 12.1. The molecule has 1 N–H and O–H groups in total. The normalized spacial score (nSPS) is 15.5. The van der Waals surface area contributed by atoms with Gasteiger partial charge in [0.15, 0.2) is 11.2 Å². The summed E-state index contributed by atoms with van der Waals surface area (Å²) in [5, 5.41) is 0. The van der Waals surface area contributed by atoms with Crippen molar-refractivity contribution in [2.75, 3.05) is 31.1 Å². The molecule has 3 heterocycles. The lowest BCUT2D eigenvalue weighted by Crippen LogP contribution is -2.46. The molecule has 2 aromatic rings. The van der Waals surface area contributed by atoms with E-state index in [1.807, 2.05) is 16.4 Å². The number of amides is 1. The van der Waals surface area contributed by atoms with Crippen LogP contribution in [0.5, 0.6) is 0 Å². The Hall–Kier alpha value is -2.58. The van der Waals surface area contributed by atoms with Crippen LogP contribution in [-0.4, -0.2) is 56.6 Å². The van der Waals surface area contributed by atoms with E-state index in [-0.39, 0.29) is 0 Å². The minimum atomic E-state index is -0.476. The Morgan fingerprint density at radius 3 is 2.50 bits per heavy atom. The van der Waals surface area contributed by atoms with E-state index in [4.69, 9.17) is 0 Å². The van der Waals surface area contributed by atoms with E-state index < -0.39 is 11.2 Å². The molecule has 3 rings (SSSR count). The van der Waals surface area contributed by atoms with Crippen LogP contribution >= 0.6 is 0 Å². The van der Waals surface area contributed by atoms with Crippen LogP contribution in [0.4, 0.5) is 5.95 Å². The number of nitrogens with zero attached hydrogens (tertiary/aromatic N) is 5. The number of carbonyl (C=O) groups is 1. The minimum Gasteiger partial charge on any atom is -0.342 e. The summed E-state index contributed by atoms with van der Waals surface area (Å²) in [7, 11) is 1.59. The molecule has 0 aromatic carbocycles. The van der Waals surface area contributed by atoms with Crippen molar-refractivity contribution >= 4 is 23.5 Å². The first-order valence-electron chi connectivity index (χ1n) is 7.20. The topological polar surface area (TPSA) is 96.2 Å². The van der Waals surface area contributed by atoms with Gasteiger partial charge in [0.1, 0.15) is 0 Å². The van der Waals surface area contributed by atoms with Crippen molar-refractivity contribution in [3.05, 3.63) is 20.8 Å². The van der Waals surface area contributed by atoms with E-state index in [1.54, 1.807) is 11.9 Å². The molecule has 1 aliphatic heterocycles. The molecule has 0 unspecified atom stereocenters. The van der Waals surface area contributed by atoms with Crippen LogP contribution < -0.4 is 16.1 Å². The van der Waals surface area contributed by atoms with Gasteiger partial charge >= 0.3 is 5.69 Å². The van der Waals surface area contributed by atoms with Gasteiger partial charge in [0.05, 0.1) is 0 Å². The number of aromatic amines is 1. The highest BCUT2D eigenvalue weighted by Gasteiger charge is 2.23. The zero-order chi connectivity index (χ0) is 15.9. The fourth-order valence-corrected chi connectivity index (χ4v) is 2.79. The number of fused-ring (bicyclic) bond motifs is 1. The van der Waals surface area contributed by atoms with Crippen LogP contribution in [0.1, 0.15) is 6.92 Å². The van der Waals surface area contributed by atoms with E-state index >= 15 is 0 Å². The summed E-state index contributed by atoms with van der Waals surface area (Å²) in [6, 6.07) is 0. The van der Waals surface area contributed by atoms with Crippen LogP contribution in [0.15, 0.2) is 9.59 Å². The predicted molar refractivity (Wildman–Crippen MR) is 81.1 cm³/mol. The lowest BCUT2D eigenvalue weighted by Gasteiger charge is -2.33. The maximum Gasteiger partial charge on any atom is 0.329 e. The number of imidazole rings is 1. The maximum atomic E-state index is 12.1. The van der Waals surface area contributed by atoms with Crippen molar-refractivity contribution in [2.24, 2.45) is 7.05 Å². The molecule has 0 radical (unpaired) electrons. The Morgan fingerprint density at radius 2 is 1.91 bits per heavy atom. The van der Waals surface area contributed by atoms with Gasteiger partial charge < -0.3 is 14.4 Å². The van der Waals surface area contributed by atoms with Gasteiger partial charge in [-0.3, -0.25) is 19.1 Å². The fraction of sp³-hybridized carbons (Fsp3) is 0.538. The van der Waals surface area contributed by atoms with Gasteiger partial charge in [0.2, 0.25) is 12.4 Å². The number of hydrogen-bond acceptors (Lipinski definition) is 5. The molecule has 2 aromatic heterocycles. The summed E-state index contributed by atoms with van der Waals surface area (Å²) in [6.07, 6.45) is 0.842. The van der Waals surface area contributed by atoms with Crippen LogP contribution in [0, 0.1) is 0 Å². The van der Waals surface area contributed by atoms with Crippen molar-refractivity contribution < 1.29 is 4.79 Å². The number of nitrogens with one attached hydrogen (secondary N) is 1. The summed E-state index contributed by atoms with van der Waals surface area (Å²) < 4.78 is 3.15. The summed E-state index contributed by atoms with van der Waals surface area (Å²) in [6.45, 7) is 5.02. The third-order valence-corrected chi connectivity index (χ3v) is 4.05. The van der Waals surface area contributed by atoms with Crippen LogP contribution in [-0.2, 0) is 18.4 Å². The number of anilines is 1. The second kappa shape index (κ2) is 5.32. The second-order valence-electron chi connectivity index (χ2n) is 5.27. The number of rotatable bonds is 3. The zero-order valence-corrected chi connectivity index (χ0v) is 12.6. The van der Waals surface area contributed by atoms with E-state index in [9.17, 15) is 14.4 Å². The first-order chi connectivity index (χ1) is 10.6. The summed E-state index contributed by atoms with van der Waals surface area (Å²) in [4.78, 5) is 45.2. The lowest BCUT2D eigenvalue weighted by atomic mass is 10.3. The van der Waals surface area contributed by atoms with Gasteiger partial charge in [-0.2, -0.15) is 4.98 Å². The third kappa shape index (κ3) is 2.09. The first-order valence-corrected chi connectivity index (χ1v) is 7.20. The highest BCUT2D eigenvalue weighted by Crippen LogP contribution is 2.20. The van der Waals surface area contributed by atoms with E-state index in [0.29, 0.717) is 49.8 Å². The number of piperazine rings is 1. The van der Waals surface area contributed by atoms with Gasteiger partial charge in [-0.15, -0.1) is 0 Å². The molecule has 22 heavy (non-hydrogen) atoms. The molecule has 1 aliphatic rings. The standard InChI is InChI=1S/C13H18N6O3/c1-3-19-9-10(16(2)13(22)15-11(9)21)14-12(19)18-6-4-17(8-20)5-7-18/h8H,3-7H2,1-2H3,(H,15,21,22). The summed E-state index contributed by atoms with van der Waals surface area (Å²) >= 11 is 0. The molecule has 1 amide bonds. The van der Waals surface area contributed by atoms with E-state index in [2.05, 4.69) is 9.97 Å². The monoisotopic (exact) mass is 306 g/mol. The summed E-state index contributed by atoms with van der Waals surface area (Å²) in [5.41, 5.74) is -0.123.